The Morgan fingerprint density at radius 1 is 1.07 bits per heavy atom. The van der Waals surface area contributed by atoms with E-state index in [0.717, 1.165) is 22.8 Å². The minimum atomic E-state index is -4.73. The molecule has 0 unspecified atom stereocenters. The van der Waals surface area contributed by atoms with Gasteiger partial charge in [-0.3, -0.25) is 4.79 Å². The monoisotopic (exact) mass is 434 g/mol. The summed E-state index contributed by atoms with van der Waals surface area (Å²) in [4.78, 5) is 11.4. The van der Waals surface area contributed by atoms with E-state index in [9.17, 15) is 26.4 Å². The lowest BCUT2D eigenvalue weighted by atomic mass is 10.1. The molecular formula is C18H18ClF3N2O3S. The third-order valence-corrected chi connectivity index (χ3v) is 5.80. The van der Waals surface area contributed by atoms with Crippen LogP contribution in [0, 0.1) is 20.8 Å². The van der Waals surface area contributed by atoms with Crippen molar-refractivity contribution in [3.05, 3.63) is 57.6 Å². The smallest absolute Gasteiger partial charge is 0.324 e. The highest BCUT2D eigenvalue weighted by Crippen LogP contribution is 2.33. The molecule has 0 fully saturated rings. The second-order valence-corrected chi connectivity index (χ2v) is 8.43. The fraction of sp³-hybridized carbons (Fsp3) is 0.278. The van der Waals surface area contributed by atoms with Gasteiger partial charge in [0.2, 0.25) is 15.9 Å². The number of rotatable bonds is 5. The minimum Gasteiger partial charge on any atom is -0.324 e. The molecule has 28 heavy (non-hydrogen) atoms. The molecule has 0 saturated carbocycles. The number of carbonyl (C=O) groups excluding carboxylic acids is 1. The average molecular weight is 435 g/mol. The average Bonchev–Trinajstić information content (AvgIpc) is 2.55. The first-order chi connectivity index (χ1) is 12.8. The quantitative estimate of drug-likeness (QED) is 0.740. The summed E-state index contributed by atoms with van der Waals surface area (Å²) >= 11 is 5.75. The molecular weight excluding hydrogens is 417 g/mol. The number of anilines is 1. The highest BCUT2D eigenvalue weighted by molar-refractivity contribution is 7.89. The Balaban J connectivity index is 2.17. The lowest BCUT2D eigenvalue weighted by Crippen LogP contribution is -2.33. The van der Waals surface area contributed by atoms with Gasteiger partial charge in [0.05, 0.1) is 17.1 Å². The molecule has 152 valence electrons. The summed E-state index contributed by atoms with van der Waals surface area (Å²) < 4.78 is 65.1. The van der Waals surface area contributed by atoms with Gasteiger partial charge in [-0.05, 0) is 50.1 Å². The lowest BCUT2D eigenvalue weighted by molar-refractivity contribution is -0.137. The molecule has 1 amide bonds. The number of amides is 1. The van der Waals surface area contributed by atoms with E-state index in [1.165, 1.54) is 0 Å². The van der Waals surface area contributed by atoms with Crippen molar-refractivity contribution in [2.24, 2.45) is 0 Å². The van der Waals surface area contributed by atoms with Crippen LogP contribution in [-0.2, 0) is 21.0 Å². The molecule has 0 spiro atoms. The summed E-state index contributed by atoms with van der Waals surface area (Å²) in [5.74, 6) is -0.665. The molecule has 10 heteroatoms. The van der Waals surface area contributed by atoms with Crippen LogP contribution in [0.5, 0.6) is 0 Å². The van der Waals surface area contributed by atoms with Crippen molar-refractivity contribution in [1.82, 2.24) is 4.72 Å². The Morgan fingerprint density at radius 3 is 2.18 bits per heavy atom. The Kier molecular flexibility index (Phi) is 6.42. The highest BCUT2D eigenvalue weighted by atomic mass is 35.5. The van der Waals surface area contributed by atoms with Crippen molar-refractivity contribution in [2.45, 2.75) is 31.8 Å². The highest BCUT2D eigenvalue weighted by Gasteiger charge is 2.32. The summed E-state index contributed by atoms with van der Waals surface area (Å²) in [5.41, 5.74) is 2.00. The van der Waals surface area contributed by atoms with Gasteiger partial charge in [0.25, 0.3) is 0 Å². The molecule has 0 aliphatic heterocycles. The van der Waals surface area contributed by atoms with Crippen molar-refractivity contribution in [3.8, 4) is 0 Å². The minimum absolute atomic E-state index is 0.383. The van der Waals surface area contributed by atoms with E-state index in [4.69, 9.17) is 11.6 Å². The third-order valence-electron chi connectivity index (χ3n) is 3.91. The maximum atomic E-state index is 12.8. The van der Waals surface area contributed by atoms with Crippen LogP contribution in [0.2, 0.25) is 5.02 Å². The second kappa shape index (κ2) is 8.10. The van der Waals surface area contributed by atoms with E-state index in [1.807, 2.05) is 23.8 Å². The number of carbonyl (C=O) groups is 1. The van der Waals surface area contributed by atoms with Crippen LogP contribution < -0.4 is 10.0 Å². The fourth-order valence-electron chi connectivity index (χ4n) is 2.68. The molecule has 2 aromatic carbocycles. The zero-order chi connectivity index (χ0) is 21.3. The number of hydrogen-bond donors (Lipinski definition) is 2. The van der Waals surface area contributed by atoms with E-state index in [0.29, 0.717) is 17.8 Å². The molecule has 0 aliphatic carbocycles. The topological polar surface area (TPSA) is 75.3 Å². The maximum absolute atomic E-state index is 12.8. The van der Waals surface area contributed by atoms with Crippen LogP contribution in [0.4, 0.5) is 18.9 Å². The number of hydrogen-bond acceptors (Lipinski definition) is 3. The lowest BCUT2D eigenvalue weighted by Gasteiger charge is -2.14. The first-order valence-electron chi connectivity index (χ1n) is 8.05. The molecule has 2 N–H and O–H groups in total. The summed E-state index contributed by atoms with van der Waals surface area (Å²) in [6.07, 6.45) is -4.73. The van der Waals surface area contributed by atoms with E-state index >= 15 is 0 Å². The number of sulfonamides is 1. The van der Waals surface area contributed by atoms with Gasteiger partial charge < -0.3 is 5.32 Å². The largest absolute Gasteiger partial charge is 0.416 e. The van der Waals surface area contributed by atoms with Gasteiger partial charge in [0.1, 0.15) is 4.90 Å². The van der Waals surface area contributed by atoms with Gasteiger partial charge in [-0.15, -0.1) is 0 Å². The van der Waals surface area contributed by atoms with Crippen LogP contribution in [0.15, 0.2) is 35.2 Å². The predicted molar refractivity (Wildman–Crippen MR) is 101 cm³/mol. The van der Waals surface area contributed by atoms with Crippen molar-refractivity contribution >= 4 is 33.2 Å². The molecule has 0 bridgehead atoms. The molecule has 2 aromatic rings. The number of aryl methyl sites for hydroxylation is 3. The van der Waals surface area contributed by atoms with Gasteiger partial charge in [0.15, 0.2) is 0 Å². The molecule has 0 aromatic heterocycles. The van der Waals surface area contributed by atoms with Crippen LogP contribution in [-0.4, -0.2) is 20.9 Å². The molecule has 0 saturated heterocycles. The fourth-order valence-corrected chi connectivity index (χ4v) is 4.19. The van der Waals surface area contributed by atoms with Crippen molar-refractivity contribution in [3.63, 3.8) is 0 Å². The molecule has 5 nitrogen and oxygen atoms in total. The number of halogens is 4. The Morgan fingerprint density at radius 2 is 1.64 bits per heavy atom. The molecule has 0 atom stereocenters. The van der Waals surface area contributed by atoms with Crippen LogP contribution >= 0.6 is 11.6 Å². The third kappa shape index (κ3) is 5.24. The second-order valence-electron chi connectivity index (χ2n) is 6.29. The normalized spacial score (nSPS) is 12.1. The van der Waals surface area contributed by atoms with E-state index in [-0.39, 0.29) is 5.02 Å². The van der Waals surface area contributed by atoms with Gasteiger partial charge >= 0.3 is 6.18 Å². The zero-order valence-electron chi connectivity index (χ0n) is 15.2. The SMILES string of the molecule is Cc1cc(C)c(NC(=O)CNS(=O)(=O)c2cc(C(F)(F)F)ccc2Cl)c(C)c1. The zero-order valence-corrected chi connectivity index (χ0v) is 16.8. The summed E-state index contributed by atoms with van der Waals surface area (Å²) in [5, 5.41) is 2.22. The summed E-state index contributed by atoms with van der Waals surface area (Å²) in [7, 11) is -4.43. The van der Waals surface area contributed by atoms with Crippen LogP contribution in [0.25, 0.3) is 0 Å². The Labute approximate surface area is 166 Å². The number of benzene rings is 2. The Hall–Kier alpha value is -2.10. The van der Waals surface area contributed by atoms with Gasteiger partial charge in [0, 0.05) is 5.69 Å². The van der Waals surface area contributed by atoms with Gasteiger partial charge in [-0.2, -0.15) is 13.2 Å². The number of nitrogens with one attached hydrogen (secondary N) is 2. The number of alkyl halides is 3. The summed E-state index contributed by atoms with van der Waals surface area (Å²) in [6, 6.07) is 5.66. The molecule has 0 aliphatic rings. The van der Waals surface area contributed by atoms with Crippen molar-refractivity contribution in [2.75, 3.05) is 11.9 Å². The first kappa shape index (κ1) is 22.2. The van der Waals surface area contributed by atoms with E-state index in [2.05, 4.69) is 5.32 Å². The predicted octanol–water partition coefficient (Wildman–Crippen LogP) is 4.20. The molecule has 2 rings (SSSR count). The van der Waals surface area contributed by atoms with Gasteiger partial charge in [-0.25, -0.2) is 13.1 Å². The Bertz CT molecular complexity index is 998. The van der Waals surface area contributed by atoms with Crippen molar-refractivity contribution in [1.29, 1.82) is 0 Å². The molecule has 0 heterocycles. The maximum Gasteiger partial charge on any atom is 0.416 e. The van der Waals surface area contributed by atoms with Crippen LogP contribution in [0.1, 0.15) is 22.3 Å². The van der Waals surface area contributed by atoms with Crippen LogP contribution in [0.3, 0.4) is 0 Å². The molecule has 0 radical (unpaired) electrons. The first-order valence-corrected chi connectivity index (χ1v) is 9.91. The van der Waals surface area contributed by atoms with Gasteiger partial charge in [-0.1, -0.05) is 29.3 Å². The standard InChI is InChI=1S/C18H18ClF3N2O3S/c1-10-6-11(2)17(12(3)7-10)24-16(25)9-23-28(26,27)15-8-13(18(20,21)22)4-5-14(15)19/h4-8,23H,9H2,1-3H3,(H,24,25). The van der Waals surface area contributed by atoms with E-state index < -0.39 is 39.1 Å². The van der Waals surface area contributed by atoms with Crippen molar-refractivity contribution < 1.29 is 26.4 Å². The summed E-state index contributed by atoms with van der Waals surface area (Å²) in [6.45, 7) is 4.82. The van der Waals surface area contributed by atoms with E-state index in [1.54, 1.807) is 13.8 Å².